The summed E-state index contributed by atoms with van der Waals surface area (Å²) < 4.78 is 58.2. The fraction of sp³-hybridized carbons (Fsp3) is 0.429. The molecule has 3 amide bonds. The van der Waals surface area contributed by atoms with Crippen molar-refractivity contribution in [3.8, 4) is 0 Å². The number of H-pyrrole nitrogens is 1. The molecule has 0 bridgehead atoms. The highest BCUT2D eigenvalue weighted by Gasteiger charge is 2.40. The van der Waals surface area contributed by atoms with E-state index in [1.54, 1.807) is 29.2 Å². The van der Waals surface area contributed by atoms with Crippen LogP contribution in [0.2, 0.25) is 0 Å². The first kappa shape index (κ1) is 36.4. The highest BCUT2D eigenvalue weighted by Crippen LogP contribution is 2.44. The Balaban J connectivity index is 0.804. The Morgan fingerprint density at radius 1 is 0.786 bits per heavy atom. The Bertz CT molecular complexity index is 2230. The Labute approximate surface area is 321 Å². The molecule has 2 N–H and O–H groups in total. The summed E-state index contributed by atoms with van der Waals surface area (Å²) in [6.07, 6.45) is -1.43. The van der Waals surface area contributed by atoms with Crippen LogP contribution in [0.15, 0.2) is 60.2 Å². The molecule has 4 aliphatic heterocycles. The summed E-state index contributed by atoms with van der Waals surface area (Å²) in [5, 5.41) is 8.96. The molecule has 4 aromatic rings. The third-order valence-corrected chi connectivity index (χ3v) is 12.5. The topological polar surface area (TPSA) is 105 Å². The summed E-state index contributed by atoms with van der Waals surface area (Å²) in [5.41, 5.74) is 5.07. The fourth-order valence-electron chi connectivity index (χ4n) is 9.50. The first-order chi connectivity index (χ1) is 27.0. The van der Waals surface area contributed by atoms with Gasteiger partial charge in [-0.25, -0.2) is 0 Å². The smallest absolute Gasteiger partial charge is 0.372 e. The van der Waals surface area contributed by atoms with Crippen molar-refractivity contribution in [2.45, 2.75) is 63.7 Å². The molecule has 1 aliphatic carbocycles. The lowest BCUT2D eigenvalue weighted by Crippen LogP contribution is -2.52. The number of allylic oxidation sites excluding steroid dienone is 1. The van der Waals surface area contributed by atoms with E-state index in [-0.39, 0.29) is 42.0 Å². The minimum atomic E-state index is -4.51. The lowest BCUT2D eigenvalue weighted by Gasteiger charge is -2.40. The lowest BCUT2D eigenvalue weighted by molar-refractivity contribution is -0.136. The Hall–Kier alpha value is -5.24. The number of alkyl halides is 3. The van der Waals surface area contributed by atoms with Gasteiger partial charge in [0.1, 0.15) is 6.04 Å². The van der Waals surface area contributed by atoms with Gasteiger partial charge in [-0.05, 0) is 109 Å². The van der Waals surface area contributed by atoms with Crippen molar-refractivity contribution in [1.29, 1.82) is 0 Å². The predicted molar refractivity (Wildman–Crippen MR) is 204 cm³/mol. The van der Waals surface area contributed by atoms with E-state index >= 15 is 0 Å². The summed E-state index contributed by atoms with van der Waals surface area (Å²) in [6, 6.07) is 16.0. The molecule has 1 atom stereocenters. The molecule has 5 heterocycles. The molecule has 1 aromatic heterocycles. The zero-order valence-electron chi connectivity index (χ0n) is 30.9. The second-order valence-electron chi connectivity index (χ2n) is 15.7. The molecule has 292 valence electrons. The Morgan fingerprint density at radius 3 is 2.23 bits per heavy atom. The third kappa shape index (κ3) is 6.71. The SMILES string of the molecule is O=C1CC[C@H](N2Cc3cc(N4CCN(CC5CCN(c6ccc(C7=C(C(F)(F)F)CCCc8c7ccc7[nH]nc(F)c87)cc6)CC5)CC4)ccc3C2=O)C(=O)N1. The highest BCUT2D eigenvalue weighted by atomic mass is 19.4. The number of hydrogen-bond donors (Lipinski definition) is 2. The maximum Gasteiger partial charge on any atom is 0.413 e. The van der Waals surface area contributed by atoms with Crippen LogP contribution < -0.4 is 15.1 Å². The van der Waals surface area contributed by atoms with Crippen molar-refractivity contribution in [2.75, 3.05) is 55.6 Å². The standard InChI is InChI=1S/C42H43F4N7O3/c43-39-38-31-2-1-3-33(42(44,45)46)37(32(31)10-11-34(38)48-49-39)26-4-6-28(7-5-26)51-16-14-25(15-17-51)23-50-18-20-52(21-19-50)29-8-9-30-27(22-29)24-53(41(30)56)35-12-13-36(54)47-40(35)55/h4-11,22,25,35H,1-3,12-21,23-24H2,(H,48,49)(H,47,54,55)/t35-/m0/s1. The van der Waals surface area contributed by atoms with Gasteiger partial charge in [-0.15, -0.1) is 5.10 Å². The Morgan fingerprint density at radius 2 is 1.50 bits per heavy atom. The number of piperazine rings is 1. The fourth-order valence-corrected chi connectivity index (χ4v) is 9.50. The van der Waals surface area contributed by atoms with Crippen LogP contribution in [0.1, 0.15) is 71.1 Å². The molecule has 0 saturated carbocycles. The molecule has 0 radical (unpaired) electrons. The number of hydrogen-bond acceptors (Lipinski definition) is 7. The average molecular weight is 770 g/mol. The van der Waals surface area contributed by atoms with E-state index in [4.69, 9.17) is 0 Å². The van der Waals surface area contributed by atoms with Crippen LogP contribution in [0.3, 0.4) is 0 Å². The number of carbonyl (C=O) groups is 3. The van der Waals surface area contributed by atoms with Gasteiger partial charge in [0.05, 0.1) is 10.9 Å². The van der Waals surface area contributed by atoms with Crippen LogP contribution in [-0.4, -0.2) is 95.8 Å². The predicted octanol–water partition coefficient (Wildman–Crippen LogP) is 6.20. The third-order valence-electron chi connectivity index (χ3n) is 12.5. The minimum absolute atomic E-state index is 0.126. The van der Waals surface area contributed by atoms with Crippen LogP contribution in [0.4, 0.5) is 28.9 Å². The quantitative estimate of drug-likeness (QED) is 0.178. The Kier molecular flexibility index (Phi) is 9.34. The van der Waals surface area contributed by atoms with E-state index in [0.29, 0.717) is 53.1 Å². The number of anilines is 2. The number of piperidine rings is 2. The number of aromatic amines is 1. The number of aromatic nitrogens is 2. The molecule has 56 heavy (non-hydrogen) atoms. The van der Waals surface area contributed by atoms with Crippen molar-refractivity contribution in [1.82, 2.24) is 25.3 Å². The van der Waals surface area contributed by atoms with E-state index < -0.39 is 29.6 Å². The largest absolute Gasteiger partial charge is 0.413 e. The molecule has 3 fully saturated rings. The summed E-state index contributed by atoms with van der Waals surface area (Å²) in [4.78, 5) is 45.9. The van der Waals surface area contributed by atoms with Gasteiger partial charge in [-0.2, -0.15) is 17.6 Å². The normalized spacial score (nSPS) is 21.5. The number of halogens is 4. The molecule has 3 saturated heterocycles. The molecular weight excluding hydrogens is 726 g/mol. The molecule has 5 aliphatic rings. The van der Waals surface area contributed by atoms with E-state index in [9.17, 15) is 31.9 Å². The maximum absolute atomic E-state index is 14.7. The number of nitrogens with zero attached hydrogens (tertiary/aromatic N) is 5. The van der Waals surface area contributed by atoms with Crippen molar-refractivity contribution in [2.24, 2.45) is 5.92 Å². The van der Waals surface area contributed by atoms with E-state index in [1.165, 1.54) is 0 Å². The number of rotatable bonds is 6. The first-order valence-electron chi connectivity index (χ1n) is 19.6. The average Bonchev–Trinajstić information content (AvgIpc) is 3.65. The van der Waals surface area contributed by atoms with Crippen LogP contribution in [0.5, 0.6) is 0 Å². The van der Waals surface area contributed by atoms with Crippen LogP contribution in [0, 0.1) is 11.9 Å². The summed E-state index contributed by atoms with van der Waals surface area (Å²) in [6.45, 7) is 6.70. The van der Waals surface area contributed by atoms with Gasteiger partial charge >= 0.3 is 6.18 Å². The molecule has 0 unspecified atom stereocenters. The van der Waals surface area contributed by atoms with Crippen LogP contribution >= 0.6 is 0 Å². The van der Waals surface area contributed by atoms with Crippen molar-refractivity contribution >= 4 is 45.6 Å². The van der Waals surface area contributed by atoms with E-state index in [0.717, 1.165) is 75.6 Å². The molecule has 0 spiro atoms. The summed E-state index contributed by atoms with van der Waals surface area (Å²) in [5.74, 6) is -1.01. The molecule has 14 heteroatoms. The van der Waals surface area contributed by atoms with E-state index in [2.05, 4.69) is 36.3 Å². The molecule has 3 aromatic carbocycles. The molecular formula is C42H43F4N7O3. The second-order valence-corrected chi connectivity index (χ2v) is 15.7. The van der Waals surface area contributed by atoms with Gasteiger partial charge in [0.15, 0.2) is 0 Å². The number of nitrogens with one attached hydrogen (secondary N) is 2. The minimum Gasteiger partial charge on any atom is -0.372 e. The van der Waals surface area contributed by atoms with Gasteiger partial charge < -0.3 is 14.7 Å². The molecule has 10 nitrogen and oxygen atoms in total. The maximum atomic E-state index is 14.7. The lowest BCUT2D eigenvalue weighted by atomic mass is 9.89. The zero-order chi connectivity index (χ0) is 38.7. The van der Waals surface area contributed by atoms with Crippen molar-refractivity contribution in [3.05, 3.63) is 93.9 Å². The monoisotopic (exact) mass is 769 g/mol. The number of fused-ring (bicyclic) bond motifs is 4. The number of carbonyl (C=O) groups excluding carboxylic acids is 3. The van der Waals surface area contributed by atoms with Gasteiger partial charge in [0.25, 0.3) is 5.91 Å². The summed E-state index contributed by atoms with van der Waals surface area (Å²) in [7, 11) is 0. The van der Waals surface area contributed by atoms with Crippen molar-refractivity contribution in [3.63, 3.8) is 0 Å². The van der Waals surface area contributed by atoms with Gasteiger partial charge in [0, 0.05) is 81.3 Å². The number of benzene rings is 3. The van der Waals surface area contributed by atoms with Crippen LogP contribution in [0.25, 0.3) is 16.5 Å². The van der Waals surface area contributed by atoms with Gasteiger partial charge in [0.2, 0.25) is 17.8 Å². The van der Waals surface area contributed by atoms with Gasteiger partial charge in [-0.1, -0.05) is 18.2 Å². The number of amides is 3. The first-order valence-corrected chi connectivity index (χ1v) is 19.6. The van der Waals surface area contributed by atoms with Crippen LogP contribution in [-0.2, 0) is 22.6 Å². The number of aryl methyl sites for hydroxylation is 1. The van der Waals surface area contributed by atoms with Gasteiger partial charge in [-0.3, -0.25) is 29.7 Å². The summed E-state index contributed by atoms with van der Waals surface area (Å²) >= 11 is 0. The molecule has 9 rings (SSSR count). The second kappa shape index (κ2) is 14.4. The van der Waals surface area contributed by atoms with E-state index in [1.807, 2.05) is 24.3 Å². The number of imide groups is 1. The highest BCUT2D eigenvalue weighted by molar-refractivity contribution is 6.05. The van der Waals surface area contributed by atoms with Crippen molar-refractivity contribution < 1.29 is 31.9 Å². The zero-order valence-corrected chi connectivity index (χ0v) is 30.9.